The van der Waals surface area contributed by atoms with Gasteiger partial charge in [0.15, 0.2) is 0 Å². The molecular formula is C22H22ClN3O3. The van der Waals surface area contributed by atoms with Crippen LogP contribution in [0.25, 0.3) is 11.3 Å². The first-order valence-electron chi connectivity index (χ1n) is 9.34. The maximum Gasteiger partial charge on any atom is 0.343 e. The molecule has 0 spiro atoms. The van der Waals surface area contributed by atoms with E-state index in [1.807, 2.05) is 37.3 Å². The number of aryl methyl sites for hydroxylation is 1. The fourth-order valence-corrected chi connectivity index (χ4v) is 3.07. The van der Waals surface area contributed by atoms with Crippen molar-refractivity contribution < 1.29 is 9.53 Å². The van der Waals surface area contributed by atoms with Gasteiger partial charge in [-0.3, -0.25) is 4.79 Å². The summed E-state index contributed by atoms with van der Waals surface area (Å²) in [6, 6.07) is 16.2. The van der Waals surface area contributed by atoms with Gasteiger partial charge in [-0.25, -0.2) is 9.48 Å². The Morgan fingerprint density at radius 3 is 2.52 bits per heavy atom. The highest BCUT2D eigenvalue weighted by molar-refractivity contribution is 6.30. The lowest BCUT2D eigenvalue weighted by atomic mass is 10.0. The van der Waals surface area contributed by atoms with E-state index in [4.69, 9.17) is 16.3 Å². The third kappa shape index (κ3) is 4.66. The van der Waals surface area contributed by atoms with Crippen molar-refractivity contribution in [1.29, 1.82) is 0 Å². The highest BCUT2D eigenvalue weighted by atomic mass is 35.5. The van der Waals surface area contributed by atoms with E-state index >= 15 is 0 Å². The van der Waals surface area contributed by atoms with Crippen LogP contribution in [0.15, 0.2) is 59.4 Å². The zero-order valence-corrected chi connectivity index (χ0v) is 17.2. The highest BCUT2D eigenvalue weighted by Crippen LogP contribution is 2.29. The smallest absolute Gasteiger partial charge is 0.343 e. The van der Waals surface area contributed by atoms with Gasteiger partial charge in [0.05, 0.1) is 6.10 Å². The van der Waals surface area contributed by atoms with Crippen molar-refractivity contribution in [3.63, 3.8) is 0 Å². The van der Waals surface area contributed by atoms with E-state index in [0.717, 1.165) is 0 Å². The molecule has 0 atom stereocenters. The van der Waals surface area contributed by atoms with Gasteiger partial charge < -0.3 is 10.1 Å². The molecule has 7 heteroatoms. The average molecular weight is 412 g/mol. The molecule has 2 aromatic carbocycles. The highest BCUT2D eigenvalue weighted by Gasteiger charge is 2.26. The van der Waals surface area contributed by atoms with Crippen molar-refractivity contribution in [3.8, 4) is 11.3 Å². The molecule has 3 aromatic rings. The minimum atomic E-state index is -0.615. The number of nitrogens with zero attached hydrogens (tertiary/aromatic N) is 2. The number of aromatic nitrogens is 2. The van der Waals surface area contributed by atoms with Crippen LogP contribution in [0.5, 0.6) is 0 Å². The molecule has 0 unspecified atom stereocenters. The molecule has 150 valence electrons. The van der Waals surface area contributed by atoms with E-state index < -0.39 is 11.5 Å². The summed E-state index contributed by atoms with van der Waals surface area (Å²) in [5.41, 5.74) is 1.46. The largest absolute Gasteiger partial charge is 0.459 e. The van der Waals surface area contributed by atoms with Crippen molar-refractivity contribution in [2.45, 2.75) is 33.4 Å². The van der Waals surface area contributed by atoms with Crippen LogP contribution >= 0.6 is 11.6 Å². The van der Waals surface area contributed by atoms with E-state index in [-0.39, 0.29) is 17.4 Å². The standard InChI is InChI=1S/C22H22ClN3O3/c1-4-26-21(27)20(24-17-12-8-11-16(23)13-17)18(22(28)29-14(2)3)19(25-26)15-9-6-5-7-10-15/h5-14,24H,4H2,1-3H3. The fraction of sp³-hybridized carbons (Fsp3) is 0.227. The molecule has 1 heterocycles. The molecule has 3 rings (SSSR count). The fourth-order valence-electron chi connectivity index (χ4n) is 2.88. The first kappa shape index (κ1) is 20.6. The lowest BCUT2D eigenvalue weighted by molar-refractivity contribution is 0.0379. The summed E-state index contributed by atoms with van der Waals surface area (Å²) in [7, 11) is 0. The zero-order valence-electron chi connectivity index (χ0n) is 16.5. The Labute approximate surface area is 174 Å². The average Bonchev–Trinajstić information content (AvgIpc) is 2.69. The number of nitrogens with one attached hydrogen (secondary N) is 1. The SMILES string of the molecule is CCn1nc(-c2ccccc2)c(C(=O)OC(C)C)c(Nc2cccc(Cl)c2)c1=O. The quantitative estimate of drug-likeness (QED) is 0.584. The Balaban J connectivity index is 2.28. The number of hydrogen-bond donors (Lipinski definition) is 1. The first-order valence-corrected chi connectivity index (χ1v) is 9.72. The van der Waals surface area contributed by atoms with Crippen molar-refractivity contribution >= 4 is 28.9 Å². The molecule has 0 fully saturated rings. The second-order valence-corrected chi connectivity index (χ2v) is 7.11. The number of halogens is 1. The van der Waals surface area contributed by atoms with Crippen LogP contribution in [-0.4, -0.2) is 21.9 Å². The van der Waals surface area contributed by atoms with Crippen molar-refractivity contribution in [1.82, 2.24) is 9.78 Å². The summed E-state index contributed by atoms with van der Waals surface area (Å²) in [5.74, 6) is -0.615. The normalized spacial score (nSPS) is 10.8. The maximum atomic E-state index is 13.1. The van der Waals surface area contributed by atoms with E-state index in [1.54, 1.807) is 38.1 Å². The molecule has 1 N–H and O–H groups in total. The van der Waals surface area contributed by atoms with Crippen molar-refractivity contribution in [2.75, 3.05) is 5.32 Å². The summed E-state index contributed by atoms with van der Waals surface area (Å²) in [6.45, 7) is 5.68. The molecule has 29 heavy (non-hydrogen) atoms. The van der Waals surface area contributed by atoms with Gasteiger partial charge in [-0.05, 0) is 39.0 Å². The summed E-state index contributed by atoms with van der Waals surface area (Å²) in [6.07, 6.45) is -0.348. The van der Waals surface area contributed by atoms with E-state index in [2.05, 4.69) is 10.4 Å². The second-order valence-electron chi connectivity index (χ2n) is 6.67. The lowest BCUT2D eigenvalue weighted by Crippen LogP contribution is -2.29. The Kier molecular flexibility index (Phi) is 6.34. The van der Waals surface area contributed by atoms with Gasteiger partial charge >= 0.3 is 5.97 Å². The molecule has 1 aromatic heterocycles. The molecule has 0 aliphatic heterocycles. The molecule has 0 saturated heterocycles. The Morgan fingerprint density at radius 1 is 1.17 bits per heavy atom. The minimum Gasteiger partial charge on any atom is -0.459 e. The summed E-state index contributed by atoms with van der Waals surface area (Å²) < 4.78 is 6.76. The number of carbonyl (C=O) groups is 1. The molecule has 0 saturated carbocycles. The summed E-state index contributed by atoms with van der Waals surface area (Å²) in [4.78, 5) is 26.1. The van der Waals surface area contributed by atoms with E-state index in [9.17, 15) is 9.59 Å². The molecule has 0 radical (unpaired) electrons. The molecule has 0 bridgehead atoms. The van der Waals surface area contributed by atoms with Crippen LogP contribution in [0.1, 0.15) is 31.1 Å². The third-order valence-corrected chi connectivity index (χ3v) is 4.38. The van der Waals surface area contributed by atoms with Crippen molar-refractivity contribution in [3.05, 3.63) is 75.5 Å². The maximum absolute atomic E-state index is 13.1. The van der Waals surface area contributed by atoms with Crippen LogP contribution in [0, 0.1) is 0 Å². The summed E-state index contributed by atoms with van der Waals surface area (Å²) in [5, 5.41) is 8.02. The Hall–Kier alpha value is -3.12. The van der Waals surface area contributed by atoms with E-state index in [1.165, 1.54) is 4.68 Å². The number of benzene rings is 2. The molecular weight excluding hydrogens is 390 g/mol. The van der Waals surface area contributed by atoms with Gasteiger partial charge in [-0.2, -0.15) is 5.10 Å². The van der Waals surface area contributed by atoms with Crippen molar-refractivity contribution in [2.24, 2.45) is 0 Å². The van der Waals surface area contributed by atoms with Crippen LogP contribution in [0.4, 0.5) is 11.4 Å². The van der Waals surface area contributed by atoms with Gasteiger partial charge in [0.1, 0.15) is 16.9 Å². The Morgan fingerprint density at radius 2 is 1.90 bits per heavy atom. The van der Waals surface area contributed by atoms with E-state index in [0.29, 0.717) is 28.5 Å². The monoisotopic (exact) mass is 411 g/mol. The number of hydrogen-bond acceptors (Lipinski definition) is 5. The molecule has 0 aliphatic carbocycles. The molecule has 6 nitrogen and oxygen atoms in total. The number of ether oxygens (including phenoxy) is 1. The van der Waals surface area contributed by atoms with Gasteiger partial charge in [-0.15, -0.1) is 0 Å². The topological polar surface area (TPSA) is 73.2 Å². The lowest BCUT2D eigenvalue weighted by Gasteiger charge is -2.18. The van der Waals surface area contributed by atoms with Crippen LogP contribution in [-0.2, 0) is 11.3 Å². The predicted molar refractivity (Wildman–Crippen MR) is 115 cm³/mol. The van der Waals surface area contributed by atoms with Gasteiger partial charge in [0.2, 0.25) is 0 Å². The van der Waals surface area contributed by atoms with Crippen LogP contribution < -0.4 is 10.9 Å². The molecule has 0 amide bonds. The minimum absolute atomic E-state index is 0.0968. The van der Waals surface area contributed by atoms with Crippen LogP contribution in [0.2, 0.25) is 5.02 Å². The number of esters is 1. The van der Waals surface area contributed by atoms with Crippen LogP contribution in [0.3, 0.4) is 0 Å². The van der Waals surface area contributed by atoms with Gasteiger partial charge in [0, 0.05) is 22.8 Å². The predicted octanol–water partition coefficient (Wildman–Crippen LogP) is 4.89. The second kappa shape index (κ2) is 8.92. The summed E-state index contributed by atoms with van der Waals surface area (Å²) >= 11 is 6.08. The van der Waals surface area contributed by atoms with Gasteiger partial charge in [0.25, 0.3) is 5.56 Å². The number of rotatable bonds is 6. The Bertz CT molecular complexity index is 1080. The third-order valence-electron chi connectivity index (χ3n) is 4.14. The number of anilines is 2. The van der Waals surface area contributed by atoms with Gasteiger partial charge in [-0.1, -0.05) is 48.0 Å². The first-order chi connectivity index (χ1) is 13.9. The molecule has 0 aliphatic rings. The number of carbonyl (C=O) groups excluding carboxylic acids is 1. The zero-order chi connectivity index (χ0) is 21.0.